The van der Waals surface area contributed by atoms with Crippen molar-refractivity contribution in [3.63, 3.8) is 0 Å². The molecule has 1 unspecified atom stereocenters. The Morgan fingerprint density at radius 3 is 2.72 bits per heavy atom. The number of benzene rings is 1. The van der Waals surface area contributed by atoms with Crippen LogP contribution in [0, 0.1) is 5.82 Å². The van der Waals surface area contributed by atoms with E-state index in [0.29, 0.717) is 6.54 Å². The van der Waals surface area contributed by atoms with Crippen LogP contribution in [0.4, 0.5) is 4.39 Å². The van der Waals surface area contributed by atoms with E-state index in [1.807, 2.05) is 6.92 Å². The molecule has 0 aliphatic rings. The fourth-order valence-corrected chi connectivity index (χ4v) is 1.39. The van der Waals surface area contributed by atoms with E-state index in [9.17, 15) is 9.18 Å². The number of amides is 1. The highest BCUT2D eigenvalue weighted by molar-refractivity contribution is 5.84. The second-order valence-corrected chi connectivity index (χ2v) is 4.34. The molecule has 1 amide bonds. The Labute approximate surface area is 106 Å². The number of halogens is 1. The average molecular weight is 254 g/mol. The highest BCUT2D eigenvalue weighted by Gasteiger charge is 2.31. The van der Waals surface area contributed by atoms with Crippen molar-refractivity contribution in [1.82, 2.24) is 5.32 Å². The summed E-state index contributed by atoms with van der Waals surface area (Å²) in [5.74, 6) is -0.865. The van der Waals surface area contributed by atoms with Crippen LogP contribution < -0.4 is 15.8 Å². The summed E-state index contributed by atoms with van der Waals surface area (Å²) in [6, 6.07) is 6.05. The maximum absolute atomic E-state index is 13.4. The van der Waals surface area contributed by atoms with Gasteiger partial charge in [-0.25, -0.2) is 4.39 Å². The molecule has 3 N–H and O–H groups in total. The van der Waals surface area contributed by atoms with Gasteiger partial charge in [-0.1, -0.05) is 19.1 Å². The van der Waals surface area contributed by atoms with Crippen LogP contribution in [0.5, 0.6) is 5.75 Å². The van der Waals surface area contributed by atoms with Crippen LogP contribution in [-0.4, -0.2) is 24.6 Å². The molecule has 0 saturated heterocycles. The number of carbonyl (C=O) groups excluding carboxylic acids is 1. The average Bonchev–Trinajstić information content (AvgIpc) is 2.35. The van der Waals surface area contributed by atoms with Crippen molar-refractivity contribution in [1.29, 1.82) is 0 Å². The molecule has 0 spiro atoms. The summed E-state index contributed by atoms with van der Waals surface area (Å²) in [7, 11) is 0. The van der Waals surface area contributed by atoms with E-state index < -0.39 is 17.3 Å². The second-order valence-electron chi connectivity index (χ2n) is 4.34. The second kappa shape index (κ2) is 6.35. The van der Waals surface area contributed by atoms with Gasteiger partial charge in [-0.3, -0.25) is 4.79 Å². The van der Waals surface area contributed by atoms with Crippen molar-refractivity contribution in [3.8, 4) is 5.75 Å². The first kappa shape index (κ1) is 14.4. The quantitative estimate of drug-likeness (QED) is 0.774. The lowest BCUT2D eigenvalue weighted by atomic mass is 10.0. The molecule has 1 atom stereocenters. The molecule has 0 heterocycles. The van der Waals surface area contributed by atoms with Crippen LogP contribution >= 0.6 is 0 Å². The van der Waals surface area contributed by atoms with Gasteiger partial charge in [0.2, 0.25) is 5.91 Å². The molecule has 18 heavy (non-hydrogen) atoms. The summed E-state index contributed by atoms with van der Waals surface area (Å²) >= 11 is 0. The normalized spacial score (nSPS) is 13.9. The maximum Gasteiger partial charge on any atom is 0.240 e. The molecule has 1 aromatic carbocycles. The summed E-state index contributed by atoms with van der Waals surface area (Å²) in [5, 5.41) is 3.01. The van der Waals surface area contributed by atoms with Gasteiger partial charge in [0.1, 0.15) is 12.1 Å². The molecule has 0 radical (unpaired) electrons. The number of ether oxygens (including phenoxy) is 1. The Morgan fingerprint density at radius 2 is 2.17 bits per heavy atom. The zero-order valence-corrected chi connectivity index (χ0v) is 10.7. The largest absolute Gasteiger partial charge is 0.488 e. The van der Waals surface area contributed by atoms with Gasteiger partial charge in [0.25, 0.3) is 0 Å². The number of hydrogen-bond acceptors (Lipinski definition) is 3. The summed E-state index contributed by atoms with van der Waals surface area (Å²) < 4.78 is 18.7. The van der Waals surface area contributed by atoms with Crippen molar-refractivity contribution in [2.75, 3.05) is 13.2 Å². The van der Waals surface area contributed by atoms with Crippen molar-refractivity contribution >= 4 is 5.91 Å². The zero-order valence-electron chi connectivity index (χ0n) is 10.7. The first-order chi connectivity index (χ1) is 8.49. The van der Waals surface area contributed by atoms with Gasteiger partial charge in [0, 0.05) is 0 Å². The highest BCUT2D eigenvalue weighted by Crippen LogP contribution is 2.17. The number of nitrogens with two attached hydrogens (primary N) is 1. The third-order valence-corrected chi connectivity index (χ3v) is 2.66. The Balaban J connectivity index is 2.68. The Kier molecular flexibility index (Phi) is 5.09. The summed E-state index contributed by atoms with van der Waals surface area (Å²) in [6.07, 6.45) is 0.864. The van der Waals surface area contributed by atoms with Crippen LogP contribution in [0.1, 0.15) is 20.3 Å². The smallest absolute Gasteiger partial charge is 0.240 e. The molecule has 5 heteroatoms. The minimum atomic E-state index is -1.00. The number of primary amides is 1. The SMILES string of the molecule is CCCNC(C)(COc1ccccc1F)C(N)=O. The van der Waals surface area contributed by atoms with Gasteiger partial charge in [0.15, 0.2) is 11.6 Å². The summed E-state index contributed by atoms with van der Waals surface area (Å²) in [4.78, 5) is 11.4. The number of nitrogens with one attached hydrogen (secondary N) is 1. The van der Waals surface area contributed by atoms with Crippen LogP contribution in [0.2, 0.25) is 0 Å². The number of hydrogen-bond donors (Lipinski definition) is 2. The standard InChI is InChI=1S/C13H19FN2O2/c1-3-8-16-13(2,12(15)17)9-18-11-7-5-4-6-10(11)14/h4-7,16H,3,8-9H2,1-2H3,(H2,15,17). The molecule has 4 nitrogen and oxygen atoms in total. The fourth-order valence-electron chi connectivity index (χ4n) is 1.39. The first-order valence-corrected chi connectivity index (χ1v) is 5.92. The molecule has 100 valence electrons. The lowest BCUT2D eigenvalue weighted by molar-refractivity contribution is -0.125. The van der Waals surface area contributed by atoms with Gasteiger partial charge >= 0.3 is 0 Å². The molecule has 0 aromatic heterocycles. The van der Waals surface area contributed by atoms with Crippen molar-refractivity contribution in [2.24, 2.45) is 5.73 Å². The molecule has 0 saturated carbocycles. The van der Waals surface area contributed by atoms with E-state index in [1.54, 1.807) is 19.1 Å². The molecule has 0 bridgehead atoms. The Morgan fingerprint density at radius 1 is 1.50 bits per heavy atom. The van der Waals surface area contributed by atoms with Crippen LogP contribution in [0.25, 0.3) is 0 Å². The van der Waals surface area contributed by atoms with Gasteiger partial charge in [-0.15, -0.1) is 0 Å². The monoisotopic (exact) mass is 254 g/mol. The molecule has 0 aliphatic heterocycles. The van der Waals surface area contributed by atoms with E-state index in [2.05, 4.69) is 5.32 Å². The van der Waals surface area contributed by atoms with E-state index in [4.69, 9.17) is 10.5 Å². The summed E-state index contributed by atoms with van der Waals surface area (Å²) in [6.45, 7) is 4.25. The lowest BCUT2D eigenvalue weighted by Gasteiger charge is -2.27. The van der Waals surface area contributed by atoms with Gasteiger partial charge in [0.05, 0.1) is 0 Å². The third kappa shape index (κ3) is 3.70. The zero-order chi connectivity index (χ0) is 13.6. The molecular weight excluding hydrogens is 235 g/mol. The number of para-hydroxylation sites is 1. The van der Waals surface area contributed by atoms with E-state index >= 15 is 0 Å². The van der Waals surface area contributed by atoms with E-state index in [-0.39, 0.29) is 12.4 Å². The minimum Gasteiger partial charge on any atom is -0.488 e. The Bertz CT molecular complexity index is 412. The predicted molar refractivity (Wildman–Crippen MR) is 67.8 cm³/mol. The predicted octanol–water partition coefficient (Wildman–Crippen LogP) is 1.45. The number of carbonyl (C=O) groups is 1. The van der Waals surface area contributed by atoms with Crippen molar-refractivity contribution < 1.29 is 13.9 Å². The van der Waals surface area contributed by atoms with E-state index in [1.165, 1.54) is 12.1 Å². The molecular formula is C13H19FN2O2. The molecule has 1 aromatic rings. The molecule has 0 fully saturated rings. The number of rotatable bonds is 7. The maximum atomic E-state index is 13.4. The highest BCUT2D eigenvalue weighted by atomic mass is 19.1. The summed E-state index contributed by atoms with van der Waals surface area (Å²) in [5.41, 5.74) is 4.34. The van der Waals surface area contributed by atoms with Crippen LogP contribution in [0.3, 0.4) is 0 Å². The molecule has 0 aliphatic carbocycles. The van der Waals surface area contributed by atoms with Crippen LogP contribution in [0.15, 0.2) is 24.3 Å². The van der Waals surface area contributed by atoms with Crippen molar-refractivity contribution in [3.05, 3.63) is 30.1 Å². The first-order valence-electron chi connectivity index (χ1n) is 5.92. The topological polar surface area (TPSA) is 64.3 Å². The van der Waals surface area contributed by atoms with E-state index in [0.717, 1.165) is 6.42 Å². The van der Waals surface area contributed by atoms with Gasteiger partial charge in [-0.2, -0.15) is 0 Å². The lowest BCUT2D eigenvalue weighted by Crippen LogP contribution is -2.57. The van der Waals surface area contributed by atoms with Crippen LogP contribution in [-0.2, 0) is 4.79 Å². The fraction of sp³-hybridized carbons (Fsp3) is 0.462. The minimum absolute atomic E-state index is 0.0106. The van der Waals surface area contributed by atoms with Crippen molar-refractivity contribution in [2.45, 2.75) is 25.8 Å². The van der Waals surface area contributed by atoms with Gasteiger partial charge in [-0.05, 0) is 32.0 Å². The third-order valence-electron chi connectivity index (χ3n) is 2.66. The Hall–Kier alpha value is -1.62. The van der Waals surface area contributed by atoms with Gasteiger partial charge < -0.3 is 15.8 Å². The molecule has 1 rings (SSSR count).